The smallest absolute Gasteiger partial charge is 0.102 e. The van der Waals surface area contributed by atoms with Crippen LogP contribution in [0.1, 0.15) is 33.4 Å². The molecule has 0 aromatic heterocycles. The van der Waals surface area contributed by atoms with E-state index >= 15 is 0 Å². The third-order valence-corrected chi connectivity index (χ3v) is 2.17. The van der Waals surface area contributed by atoms with E-state index in [4.69, 9.17) is 31.6 Å². The lowest BCUT2D eigenvalue weighted by atomic mass is 9.89. The summed E-state index contributed by atoms with van der Waals surface area (Å²) in [6.45, 7) is 0. The van der Waals surface area contributed by atoms with Crippen LogP contribution in [0, 0.1) is 68.0 Å². The van der Waals surface area contributed by atoms with Gasteiger partial charge in [-0.25, -0.2) is 0 Å². The Kier molecular flexibility index (Phi) is 3.25. The van der Waals surface area contributed by atoms with Crippen molar-refractivity contribution < 1.29 is 0 Å². The van der Waals surface area contributed by atoms with Crippen molar-refractivity contribution in [2.75, 3.05) is 0 Å². The second-order valence-electron chi connectivity index (χ2n) is 2.92. The molecular formula is C12N6. The normalized spacial score (nSPS) is 7.67. The van der Waals surface area contributed by atoms with Gasteiger partial charge in [0.1, 0.15) is 36.4 Å². The van der Waals surface area contributed by atoms with Crippen molar-refractivity contribution >= 4 is 0 Å². The average molecular weight is 228 g/mol. The lowest BCUT2D eigenvalue weighted by Gasteiger charge is -2.05. The van der Waals surface area contributed by atoms with Crippen LogP contribution in [0.15, 0.2) is 0 Å². The standard InChI is InChI=1S/C12N6/c13-1-7-8(2-14)10(4-16)12(6-18)11(5-17)9(7)3-15. The number of nitrogens with zero attached hydrogens (tertiary/aromatic N) is 6. The van der Waals surface area contributed by atoms with E-state index in [1.165, 1.54) is 0 Å². The van der Waals surface area contributed by atoms with Crippen molar-refractivity contribution in [1.29, 1.82) is 31.6 Å². The molecule has 1 rings (SSSR count). The van der Waals surface area contributed by atoms with Crippen molar-refractivity contribution in [3.63, 3.8) is 0 Å². The Morgan fingerprint density at radius 3 is 0.500 bits per heavy atom. The molecule has 0 unspecified atom stereocenters. The monoisotopic (exact) mass is 228 g/mol. The highest BCUT2D eigenvalue weighted by Gasteiger charge is 2.24. The van der Waals surface area contributed by atoms with Gasteiger partial charge in [0, 0.05) is 0 Å². The molecule has 0 N–H and O–H groups in total. The number of benzene rings is 1. The Bertz CT molecular complexity index is 592. The summed E-state index contributed by atoms with van der Waals surface area (Å²) in [7, 11) is 0. The van der Waals surface area contributed by atoms with Crippen LogP contribution in [-0.4, -0.2) is 0 Å². The Balaban J connectivity index is 4.21. The highest BCUT2D eigenvalue weighted by atomic mass is 14.4. The molecule has 0 aliphatic rings. The number of hydrogen-bond acceptors (Lipinski definition) is 6. The maximum absolute atomic E-state index is 8.91. The van der Waals surface area contributed by atoms with Gasteiger partial charge in [0.15, 0.2) is 0 Å². The first-order valence-corrected chi connectivity index (χ1v) is 4.34. The predicted octanol–water partition coefficient (Wildman–Crippen LogP) is 0.917. The summed E-state index contributed by atoms with van der Waals surface area (Å²) in [5.74, 6) is 0. The van der Waals surface area contributed by atoms with Gasteiger partial charge in [-0.3, -0.25) is 0 Å². The molecule has 0 saturated heterocycles. The first-order chi connectivity index (χ1) is 8.69. The largest absolute Gasteiger partial charge is 0.192 e. The van der Waals surface area contributed by atoms with Crippen molar-refractivity contribution in [1.82, 2.24) is 0 Å². The summed E-state index contributed by atoms with van der Waals surface area (Å²) in [5, 5.41) is 53.5. The summed E-state index contributed by atoms with van der Waals surface area (Å²) in [4.78, 5) is 0. The van der Waals surface area contributed by atoms with Crippen LogP contribution < -0.4 is 0 Å². The SMILES string of the molecule is N#Cc1c(C#N)c(C#N)c(C#N)c(C#N)c1C#N. The average Bonchev–Trinajstić information content (AvgIpc) is 2.43. The molecule has 0 aliphatic carbocycles. The first kappa shape index (κ1) is 12.2. The third kappa shape index (κ3) is 1.46. The molecule has 0 heterocycles. The second-order valence-corrected chi connectivity index (χ2v) is 2.92. The van der Waals surface area contributed by atoms with E-state index in [1.807, 2.05) is 0 Å². The Labute approximate surface area is 102 Å². The predicted molar refractivity (Wildman–Crippen MR) is 54.7 cm³/mol. The van der Waals surface area contributed by atoms with Crippen LogP contribution in [0.4, 0.5) is 0 Å². The summed E-state index contributed by atoms with van der Waals surface area (Å²) in [6.07, 6.45) is 0. The fourth-order valence-corrected chi connectivity index (χ4v) is 1.42. The maximum atomic E-state index is 8.91. The molecule has 0 fully saturated rings. The van der Waals surface area contributed by atoms with Gasteiger partial charge in [0.25, 0.3) is 0 Å². The molecule has 1 aromatic carbocycles. The zero-order chi connectivity index (χ0) is 13.7. The molecule has 6 nitrogen and oxygen atoms in total. The van der Waals surface area contributed by atoms with E-state index in [0.29, 0.717) is 0 Å². The molecule has 0 radical (unpaired) electrons. The van der Waals surface area contributed by atoms with Gasteiger partial charge in [0.05, 0.1) is 33.4 Å². The van der Waals surface area contributed by atoms with Gasteiger partial charge in [-0.1, -0.05) is 0 Å². The van der Waals surface area contributed by atoms with Gasteiger partial charge >= 0.3 is 0 Å². The highest BCUT2D eigenvalue weighted by molar-refractivity contribution is 5.72. The fourth-order valence-electron chi connectivity index (χ4n) is 1.42. The molecule has 0 spiro atoms. The van der Waals surface area contributed by atoms with Crippen LogP contribution in [-0.2, 0) is 0 Å². The van der Waals surface area contributed by atoms with E-state index in [2.05, 4.69) is 0 Å². The van der Waals surface area contributed by atoms with Crippen LogP contribution >= 0.6 is 0 Å². The van der Waals surface area contributed by atoms with Crippen LogP contribution in [0.5, 0.6) is 0 Å². The van der Waals surface area contributed by atoms with Crippen LogP contribution in [0.2, 0.25) is 0 Å². The zero-order valence-electron chi connectivity index (χ0n) is 8.68. The van der Waals surface area contributed by atoms with Crippen LogP contribution in [0.25, 0.3) is 0 Å². The highest BCUT2D eigenvalue weighted by Crippen LogP contribution is 2.26. The molecule has 0 amide bonds. The second kappa shape index (κ2) is 4.79. The Morgan fingerprint density at radius 1 is 0.333 bits per heavy atom. The molecule has 0 atom stereocenters. The van der Waals surface area contributed by atoms with E-state index < -0.39 is 0 Å². The summed E-state index contributed by atoms with van der Waals surface area (Å²) >= 11 is 0. The summed E-state index contributed by atoms with van der Waals surface area (Å²) in [5.41, 5.74) is -2.13. The Hall–Kier alpha value is -3.84. The molecule has 6 heteroatoms. The molecule has 78 valence electrons. The first-order valence-electron chi connectivity index (χ1n) is 4.34. The zero-order valence-corrected chi connectivity index (χ0v) is 8.68. The number of nitriles is 6. The number of rotatable bonds is 0. The molecule has 0 bridgehead atoms. The van der Waals surface area contributed by atoms with Crippen LogP contribution in [0.3, 0.4) is 0 Å². The molecule has 1 aromatic rings. The van der Waals surface area contributed by atoms with Gasteiger partial charge in [-0.2, -0.15) is 31.6 Å². The van der Waals surface area contributed by atoms with Gasteiger partial charge in [0.2, 0.25) is 0 Å². The van der Waals surface area contributed by atoms with Crippen molar-refractivity contribution in [3.05, 3.63) is 33.4 Å². The topological polar surface area (TPSA) is 143 Å². The summed E-state index contributed by atoms with van der Waals surface area (Å²) in [6, 6.07) is 9.66. The van der Waals surface area contributed by atoms with Gasteiger partial charge in [-0.15, -0.1) is 0 Å². The van der Waals surface area contributed by atoms with E-state index in [0.717, 1.165) is 0 Å². The van der Waals surface area contributed by atoms with Crippen molar-refractivity contribution in [2.45, 2.75) is 0 Å². The fraction of sp³-hybridized carbons (Fsp3) is 0. The minimum atomic E-state index is -0.355. The van der Waals surface area contributed by atoms with Gasteiger partial charge < -0.3 is 0 Å². The lowest BCUT2D eigenvalue weighted by Crippen LogP contribution is -2.03. The third-order valence-electron chi connectivity index (χ3n) is 2.17. The van der Waals surface area contributed by atoms with Gasteiger partial charge in [-0.05, 0) is 0 Å². The lowest BCUT2D eigenvalue weighted by molar-refractivity contribution is 1.31. The van der Waals surface area contributed by atoms with E-state index in [1.54, 1.807) is 36.4 Å². The minimum Gasteiger partial charge on any atom is -0.192 e. The number of hydrogen-bond donors (Lipinski definition) is 0. The van der Waals surface area contributed by atoms with E-state index in [-0.39, 0.29) is 33.4 Å². The maximum Gasteiger partial charge on any atom is 0.102 e. The molecule has 0 saturated carbocycles. The quantitative estimate of drug-likeness (QED) is 0.645. The Morgan fingerprint density at radius 2 is 0.444 bits per heavy atom. The molecule has 0 aliphatic heterocycles. The van der Waals surface area contributed by atoms with Crippen molar-refractivity contribution in [2.24, 2.45) is 0 Å². The van der Waals surface area contributed by atoms with E-state index in [9.17, 15) is 0 Å². The molecular weight excluding hydrogens is 228 g/mol. The molecule has 18 heavy (non-hydrogen) atoms. The minimum absolute atomic E-state index is 0.355. The summed E-state index contributed by atoms with van der Waals surface area (Å²) < 4.78 is 0. The van der Waals surface area contributed by atoms with Crippen molar-refractivity contribution in [3.8, 4) is 36.4 Å².